The second kappa shape index (κ2) is 6.15. The first kappa shape index (κ1) is 18.7. The van der Waals surface area contributed by atoms with Gasteiger partial charge in [0.1, 0.15) is 11.6 Å². The monoisotopic (exact) mass is 360 g/mol. The van der Waals surface area contributed by atoms with Gasteiger partial charge >= 0.3 is 0 Å². The van der Waals surface area contributed by atoms with Crippen molar-refractivity contribution < 1.29 is 14.7 Å². The van der Waals surface area contributed by atoms with Crippen molar-refractivity contribution in [2.45, 2.75) is 97.0 Å². The van der Waals surface area contributed by atoms with Crippen LogP contribution in [-0.4, -0.2) is 22.3 Å². The van der Waals surface area contributed by atoms with Crippen LogP contribution in [0.5, 0.6) is 0 Å². The molecule has 1 N–H and O–H groups in total. The van der Waals surface area contributed by atoms with Crippen molar-refractivity contribution in [3.05, 3.63) is 0 Å². The lowest BCUT2D eigenvalue weighted by molar-refractivity contribution is -0.229. The fourth-order valence-electron chi connectivity index (χ4n) is 7.83. The lowest BCUT2D eigenvalue weighted by Crippen LogP contribution is -2.66. The molecule has 4 saturated carbocycles. The summed E-state index contributed by atoms with van der Waals surface area (Å²) in [6.07, 6.45) is 9.96. The van der Waals surface area contributed by atoms with E-state index in [1.54, 1.807) is 0 Å². The average Bonchev–Trinajstić information content (AvgIpc) is 2.90. The molecular weight excluding hydrogens is 324 g/mol. The molecule has 3 nitrogen and oxygen atoms in total. The molecule has 0 amide bonds. The molecule has 0 spiro atoms. The Hall–Kier alpha value is -0.700. The van der Waals surface area contributed by atoms with E-state index in [2.05, 4.69) is 20.8 Å². The van der Waals surface area contributed by atoms with Gasteiger partial charge in [0.15, 0.2) is 0 Å². The minimum absolute atomic E-state index is 0.118. The zero-order valence-corrected chi connectivity index (χ0v) is 16.9. The molecule has 26 heavy (non-hydrogen) atoms. The number of hydrogen-bond donors (Lipinski definition) is 1. The highest BCUT2D eigenvalue weighted by atomic mass is 16.3. The first-order valence-corrected chi connectivity index (χ1v) is 11.0. The third-order valence-electron chi connectivity index (χ3n) is 9.48. The van der Waals surface area contributed by atoms with Crippen molar-refractivity contribution >= 4 is 11.6 Å². The fourth-order valence-corrected chi connectivity index (χ4v) is 7.83. The van der Waals surface area contributed by atoms with Gasteiger partial charge in [-0.15, -0.1) is 0 Å². The summed E-state index contributed by atoms with van der Waals surface area (Å²) in [6, 6.07) is 0. The van der Waals surface area contributed by atoms with E-state index in [1.165, 1.54) is 0 Å². The summed E-state index contributed by atoms with van der Waals surface area (Å²) in [6.45, 7) is 6.71. The Labute approximate surface area is 158 Å². The number of hydrogen-bond acceptors (Lipinski definition) is 3. The molecule has 0 heterocycles. The molecule has 4 aliphatic carbocycles. The van der Waals surface area contributed by atoms with E-state index >= 15 is 0 Å². The minimum atomic E-state index is -0.824. The minimum Gasteiger partial charge on any atom is -0.389 e. The van der Waals surface area contributed by atoms with Gasteiger partial charge in [-0.1, -0.05) is 33.6 Å². The summed E-state index contributed by atoms with van der Waals surface area (Å²) in [5.74, 6) is 2.48. The molecular formula is C23H36O3. The van der Waals surface area contributed by atoms with Crippen molar-refractivity contribution in [1.82, 2.24) is 0 Å². The number of fused-ring (bicyclic) bond motifs is 5. The molecule has 7 atom stereocenters. The summed E-state index contributed by atoms with van der Waals surface area (Å²) >= 11 is 0. The van der Waals surface area contributed by atoms with Crippen molar-refractivity contribution in [2.75, 3.05) is 0 Å². The van der Waals surface area contributed by atoms with Crippen LogP contribution in [0.1, 0.15) is 91.4 Å². The second-order valence-electron chi connectivity index (χ2n) is 10.4. The van der Waals surface area contributed by atoms with Gasteiger partial charge in [-0.3, -0.25) is 9.59 Å². The number of carbonyl (C=O) groups excluding carboxylic acids is 2. The Morgan fingerprint density at radius 2 is 1.85 bits per heavy atom. The Kier molecular flexibility index (Phi) is 4.42. The van der Waals surface area contributed by atoms with E-state index < -0.39 is 5.60 Å². The molecule has 0 radical (unpaired) electrons. The third-order valence-corrected chi connectivity index (χ3v) is 9.48. The van der Waals surface area contributed by atoms with Gasteiger partial charge in [-0.25, -0.2) is 0 Å². The zero-order valence-electron chi connectivity index (χ0n) is 16.9. The molecule has 146 valence electrons. The van der Waals surface area contributed by atoms with Crippen molar-refractivity contribution in [3.63, 3.8) is 0 Å². The number of carbonyl (C=O) groups is 2. The van der Waals surface area contributed by atoms with E-state index in [0.717, 1.165) is 57.8 Å². The SMILES string of the molecule is CCCC[C@@H]1C[C@H]2[C@@H]3CCC(=O)[C@@]3(C)CC[C@@H]2[C@@]2(C)CCC(=O)C[C@]12O. The predicted molar refractivity (Wildman–Crippen MR) is 102 cm³/mol. The number of aliphatic hydroxyl groups is 1. The van der Waals surface area contributed by atoms with E-state index in [0.29, 0.717) is 36.4 Å². The van der Waals surface area contributed by atoms with Crippen LogP contribution in [0.15, 0.2) is 0 Å². The molecule has 0 bridgehead atoms. The van der Waals surface area contributed by atoms with Crippen LogP contribution in [0.2, 0.25) is 0 Å². The Balaban J connectivity index is 1.72. The number of Topliss-reactive ketones (excluding diaryl/α,β-unsaturated/α-hetero) is 2. The second-order valence-corrected chi connectivity index (χ2v) is 10.4. The normalized spacial score (nSPS) is 50.9. The van der Waals surface area contributed by atoms with E-state index in [9.17, 15) is 14.7 Å². The Morgan fingerprint density at radius 1 is 1.08 bits per heavy atom. The molecule has 0 aromatic heterocycles. The molecule has 0 unspecified atom stereocenters. The van der Waals surface area contributed by atoms with Crippen LogP contribution in [0.25, 0.3) is 0 Å². The molecule has 4 fully saturated rings. The predicted octanol–water partition coefficient (Wildman–Crippen LogP) is 4.70. The molecule has 4 aliphatic rings. The molecule has 0 saturated heterocycles. The van der Waals surface area contributed by atoms with Crippen molar-refractivity contribution in [2.24, 2.45) is 34.5 Å². The Bertz CT molecular complexity index is 613. The molecule has 0 aliphatic heterocycles. The quantitative estimate of drug-likeness (QED) is 0.794. The smallest absolute Gasteiger partial charge is 0.139 e. The van der Waals surface area contributed by atoms with Crippen molar-refractivity contribution in [1.29, 1.82) is 0 Å². The third kappa shape index (κ3) is 2.34. The van der Waals surface area contributed by atoms with E-state index in [-0.39, 0.29) is 22.5 Å². The van der Waals surface area contributed by atoms with Gasteiger partial charge < -0.3 is 5.11 Å². The highest BCUT2D eigenvalue weighted by Crippen LogP contribution is 2.68. The van der Waals surface area contributed by atoms with Crippen molar-refractivity contribution in [3.8, 4) is 0 Å². The van der Waals surface area contributed by atoms with E-state index in [1.807, 2.05) is 0 Å². The van der Waals surface area contributed by atoms with Crippen LogP contribution < -0.4 is 0 Å². The molecule has 4 rings (SSSR count). The van der Waals surface area contributed by atoms with Gasteiger partial charge in [-0.05, 0) is 62.2 Å². The molecule has 0 aromatic carbocycles. The molecule has 0 aromatic rings. The topological polar surface area (TPSA) is 54.4 Å². The van der Waals surface area contributed by atoms with Crippen LogP contribution in [0.4, 0.5) is 0 Å². The van der Waals surface area contributed by atoms with Crippen LogP contribution in [0, 0.1) is 34.5 Å². The standard InChI is InChI=1S/C23H36O3/c1-4-5-6-15-13-17-18-7-8-20(25)21(18,2)11-10-19(17)22(3)12-9-16(24)14-23(15,22)26/h15,17-19,26H,4-14H2,1-3H3/t15-,17+,18+,19+,21+,22-,23+/m1/s1. The maximum atomic E-state index is 12.6. The first-order chi connectivity index (χ1) is 12.3. The van der Waals surface area contributed by atoms with Gasteiger partial charge in [0.2, 0.25) is 0 Å². The maximum absolute atomic E-state index is 12.6. The fraction of sp³-hybridized carbons (Fsp3) is 0.913. The summed E-state index contributed by atoms with van der Waals surface area (Å²) in [4.78, 5) is 24.9. The van der Waals surface area contributed by atoms with Crippen LogP contribution in [-0.2, 0) is 9.59 Å². The first-order valence-electron chi connectivity index (χ1n) is 11.0. The lowest BCUT2D eigenvalue weighted by Gasteiger charge is -2.65. The van der Waals surface area contributed by atoms with Gasteiger partial charge in [0.05, 0.1) is 5.60 Å². The number of unbranched alkanes of at least 4 members (excludes halogenated alkanes) is 1. The largest absolute Gasteiger partial charge is 0.389 e. The van der Waals surface area contributed by atoms with Gasteiger partial charge in [0.25, 0.3) is 0 Å². The highest BCUT2D eigenvalue weighted by Gasteiger charge is 2.67. The summed E-state index contributed by atoms with van der Waals surface area (Å²) in [5.41, 5.74) is -1.10. The van der Waals surface area contributed by atoms with Gasteiger partial charge in [0, 0.05) is 30.1 Å². The highest BCUT2D eigenvalue weighted by molar-refractivity contribution is 5.87. The lowest BCUT2D eigenvalue weighted by atomic mass is 9.41. The Morgan fingerprint density at radius 3 is 2.58 bits per heavy atom. The molecule has 3 heteroatoms. The maximum Gasteiger partial charge on any atom is 0.139 e. The van der Waals surface area contributed by atoms with E-state index in [4.69, 9.17) is 0 Å². The summed E-state index contributed by atoms with van der Waals surface area (Å²) in [7, 11) is 0. The zero-order chi connectivity index (χ0) is 18.7. The van der Waals surface area contributed by atoms with Crippen LogP contribution >= 0.6 is 0 Å². The summed E-state index contributed by atoms with van der Waals surface area (Å²) < 4.78 is 0. The summed E-state index contributed by atoms with van der Waals surface area (Å²) in [5, 5.41) is 11.9. The number of rotatable bonds is 3. The average molecular weight is 361 g/mol. The van der Waals surface area contributed by atoms with Crippen LogP contribution in [0.3, 0.4) is 0 Å². The number of ketones is 2. The van der Waals surface area contributed by atoms with Gasteiger partial charge in [-0.2, -0.15) is 0 Å².